The highest BCUT2D eigenvalue weighted by molar-refractivity contribution is 6.25. The molecule has 0 aromatic heterocycles. The lowest BCUT2D eigenvalue weighted by molar-refractivity contribution is -0.384. The maximum absolute atomic E-state index is 12.7. The average molecular weight is 345 g/mol. The summed E-state index contributed by atoms with van der Waals surface area (Å²) in [7, 11) is 0. The highest BCUT2D eigenvalue weighted by Gasteiger charge is 2.32. The molecule has 0 aliphatic carbocycles. The summed E-state index contributed by atoms with van der Waals surface area (Å²) in [4.78, 5) is 35.7. The lowest BCUT2D eigenvalue weighted by Gasteiger charge is -2.22. The molecule has 7 nitrogen and oxygen atoms in total. The van der Waals surface area contributed by atoms with Crippen LogP contribution in [-0.2, 0) is 0 Å². The molecule has 126 valence electrons. The summed E-state index contributed by atoms with van der Waals surface area (Å²) in [6.07, 6.45) is 1.26. The summed E-state index contributed by atoms with van der Waals surface area (Å²) < 4.78 is 0. The fraction of sp³-hybridized carbons (Fsp3) is 0. The van der Waals surface area contributed by atoms with E-state index < -0.39 is 16.7 Å². The van der Waals surface area contributed by atoms with Crippen LogP contribution in [0, 0.1) is 10.1 Å². The monoisotopic (exact) mass is 345 g/mol. The maximum Gasteiger partial charge on any atom is 0.282 e. The second-order valence-corrected chi connectivity index (χ2v) is 5.73. The first-order chi connectivity index (χ1) is 12.6. The highest BCUT2D eigenvalue weighted by Crippen LogP contribution is 2.30. The van der Waals surface area contributed by atoms with Gasteiger partial charge in [0.25, 0.3) is 17.5 Å². The minimum Gasteiger partial charge on any atom is -0.267 e. The van der Waals surface area contributed by atoms with Crippen molar-refractivity contribution in [1.82, 2.24) is 5.01 Å². The number of hydrogen-bond donors (Lipinski definition) is 0. The van der Waals surface area contributed by atoms with Crippen molar-refractivity contribution in [3.05, 3.63) is 87.5 Å². The van der Waals surface area contributed by atoms with E-state index in [1.807, 2.05) is 12.1 Å². The molecule has 0 N–H and O–H groups in total. The van der Waals surface area contributed by atoms with Gasteiger partial charge in [0.2, 0.25) is 0 Å². The van der Waals surface area contributed by atoms with E-state index in [0.717, 1.165) is 10.4 Å². The zero-order valence-electron chi connectivity index (χ0n) is 13.3. The van der Waals surface area contributed by atoms with Crippen LogP contribution >= 0.6 is 0 Å². The molecule has 1 aliphatic rings. The van der Waals surface area contributed by atoms with Gasteiger partial charge in [0.05, 0.1) is 22.3 Å². The van der Waals surface area contributed by atoms with E-state index in [-0.39, 0.29) is 5.69 Å². The minimum absolute atomic E-state index is 0.0969. The summed E-state index contributed by atoms with van der Waals surface area (Å²) in [6, 6.07) is 16.2. The second kappa shape index (κ2) is 5.89. The fourth-order valence-corrected chi connectivity index (χ4v) is 2.97. The number of hydrazone groups is 1. The van der Waals surface area contributed by atoms with Gasteiger partial charge in [0.1, 0.15) is 0 Å². The molecule has 0 saturated carbocycles. The Kier molecular flexibility index (Phi) is 3.54. The molecule has 0 saturated heterocycles. The Balaban J connectivity index is 1.75. The first-order valence-electron chi connectivity index (χ1n) is 7.75. The molecule has 0 bridgehead atoms. The molecule has 1 aliphatic heterocycles. The van der Waals surface area contributed by atoms with Crippen molar-refractivity contribution in [2.24, 2.45) is 5.10 Å². The Morgan fingerprint density at radius 3 is 2.15 bits per heavy atom. The van der Waals surface area contributed by atoms with Crippen LogP contribution in [-0.4, -0.2) is 28.0 Å². The van der Waals surface area contributed by atoms with Gasteiger partial charge >= 0.3 is 0 Å². The summed E-state index contributed by atoms with van der Waals surface area (Å²) in [5.74, 6) is -1.05. The molecule has 0 spiro atoms. The van der Waals surface area contributed by atoms with E-state index in [1.165, 1.54) is 24.4 Å². The number of rotatable bonds is 3. The van der Waals surface area contributed by atoms with Crippen molar-refractivity contribution < 1.29 is 14.5 Å². The first-order valence-corrected chi connectivity index (χ1v) is 7.75. The third-order valence-electron chi connectivity index (χ3n) is 4.15. The Labute approximate surface area is 147 Å². The number of nitro groups is 1. The van der Waals surface area contributed by atoms with Crippen LogP contribution in [0.2, 0.25) is 0 Å². The summed E-state index contributed by atoms with van der Waals surface area (Å²) in [6.45, 7) is 0. The van der Waals surface area contributed by atoms with E-state index in [0.29, 0.717) is 22.1 Å². The predicted octanol–water partition coefficient (Wildman–Crippen LogP) is 3.38. The molecular formula is C19H11N3O4. The number of nitro benzene ring substituents is 1. The Morgan fingerprint density at radius 1 is 0.923 bits per heavy atom. The molecule has 0 unspecified atom stereocenters. The summed E-state index contributed by atoms with van der Waals surface area (Å²) in [5.41, 5.74) is 1.11. The van der Waals surface area contributed by atoms with Gasteiger partial charge in [-0.15, -0.1) is 0 Å². The van der Waals surface area contributed by atoms with Crippen LogP contribution < -0.4 is 0 Å². The molecule has 1 heterocycles. The molecule has 7 heteroatoms. The summed E-state index contributed by atoms with van der Waals surface area (Å²) >= 11 is 0. The molecular weight excluding hydrogens is 334 g/mol. The number of hydrogen-bond acceptors (Lipinski definition) is 5. The second-order valence-electron chi connectivity index (χ2n) is 5.73. The predicted molar refractivity (Wildman–Crippen MR) is 95.1 cm³/mol. The van der Waals surface area contributed by atoms with Crippen molar-refractivity contribution in [3.8, 4) is 0 Å². The third-order valence-corrected chi connectivity index (χ3v) is 4.15. The number of non-ortho nitro benzene ring substituents is 1. The molecule has 3 aromatic carbocycles. The Bertz CT molecular complexity index is 1070. The van der Waals surface area contributed by atoms with E-state index in [1.54, 1.807) is 30.3 Å². The van der Waals surface area contributed by atoms with Crippen LogP contribution in [0.4, 0.5) is 5.69 Å². The molecule has 4 rings (SSSR count). The SMILES string of the molecule is O=C1c2cccc3cccc(c23)C(=O)N1/N=C/c1cccc([N+](=O)[O-])c1. The summed E-state index contributed by atoms with van der Waals surface area (Å²) in [5, 5.41) is 17.1. The fourth-order valence-electron chi connectivity index (χ4n) is 2.97. The van der Waals surface area contributed by atoms with Crippen LogP contribution in [0.15, 0.2) is 65.8 Å². The third kappa shape index (κ3) is 2.42. The van der Waals surface area contributed by atoms with Crippen LogP contribution in [0.3, 0.4) is 0 Å². The van der Waals surface area contributed by atoms with E-state index in [2.05, 4.69) is 5.10 Å². The lowest BCUT2D eigenvalue weighted by Crippen LogP contribution is -2.36. The van der Waals surface area contributed by atoms with Crippen LogP contribution in [0.1, 0.15) is 26.3 Å². The van der Waals surface area contributed by atoms with Crippen LogP contribution in [0.25, 0.3) is 10.8 Å². The molecule has 2 amide bonds. The normalized spacial score (nSPS) is 13.6. The van der Waals surface area contributed by atoms with Crippen molar-refractivity contribution >= 4 is 34.5 Å². The maximum atomic E-state index is 12.7. The quantitative estimate of drug-likeness (QED) is 0.315. The Morgan fingerprint density at radius 2 is 1.54 bits per heavy atom. The largest absolute Gasteiger partial charge is 0.282 e. The van der Waals surface area contributed by atoms with E-state index in [9.17, 15) is 19.7 Å². The molecule has 0 atom stereocenters. The number of benzene rings is 3. The van der Waals surface area contributed by atoms with Crippen molar-refractivity contribution in [3.63, 3.8) is 0 Å². The van der Waals surface area contributed by atoms with Gasteiger partial charge in [0, 0.05) is 23.1 Å². The van der Waals surface area contributed by atoms with Gasteiger partial charge in [-0.05, 0) is 17.5 Å². The van der Waals surface area contributed by atoms with Gasteiger partial charge in [0.15, 0.2) is 0 Å². The van der Waals surface area contributed by atoms with Crippen molar-refractivity contribution in [1.29, 1.82) is 0 Å². The van der Waals surface area contributed by atoms with E-state index >= 15 is 0 Å². The van der Waals surface area contributed by atoms with Gasteiger partial charge in [-0.2, -0.15) is 10.1 Å². The topological polar surface area (TPSA) is 92.9 Å². The average Bonchev–Trinajstić information content (AvgIpc) is 2.66. The molecule has 0 fully saturated rings. The van der Waals surface area contributed by atoms with Gasteiger partial charge in [-0.25, -0.2) is 0 Å². The van der Waals surface area contributed by atoms with Crippen molar-refractivity contribution in [2.45, 2.75) is 0 Å². The smallest absolute Gasteiger partial charge is 0.267 e. The van der Waals surface area contributed by atoms with Gasteiger partial charge in [-0.3, -0.25) is 19.7 Å². The zero-order chi connectivity index (χ0) is 18.3. The number of carbonyl (C=O) groups excluding carboxylic acids is 2. The zero-order valence-corrected chi connectivity index (χ0v) is 13.3. The number of imide groups is 1. The van der Waals surface area contributed by atoms with Crippen LogP contribution in [0.5, 0.6) is 0 Å². The number of amides is 2. The van der Waals surface area contributed by atoms with Crippen molar-refractivity contribution in [2.75, 3.05) is 0 Å². The number of carbonyl (C=O) groups is 2. The first kappa shape index (κ1) is 15.6. The minimum atomic E-state index is -0.527. The van der Waals surface area contributed by atoms with Gasteiger partial charge < -0.3 is 0 Å². The lowest BCUT2D eigenvalue weighted by atomic mass is 9.95. The van der Waals surface area contributed by atoms with E-state index in [4.69, 9.17) is 0 Å². The number of nitrogens with zero attached hydrogens (tertiary/aromatic N) is 3. The molecule has 0 radical (unpaired) electrons. The van der Waals surface area contributed by atoms with Gasteiger partial charge in [-0.1, -0.05) is 36.4 Å². The molecule has 3 aromatic rings. The standard InChI is InChI=1S/C19H11N3O4/c23-18-15-8-2-5-13-6-3-9-16(17(13)15)19(24)21(18)20-11-12-4-1-7-14(10-12)22(25)26/h1-11H/b20-11+. The molecule has 26 heavy (non-hydrogen) atoms. The highest BCUT2D eigenvalue weighted by atomic mass is 16.6. The Hall–Kier alpha value is -3.87.